The number of carbonyl (C=O) groups excluding carboxylic acids is 1. The van der Waals surface area contributed by atoms with Crippen molar-refractivity contribution in [2.75, 3.05) is 0 Å². The van der Waals surface area contributed by atoms with Crippen LogP contribution in [0.15, 0.2) is 59.4 Å². The summed E-state index contributed by atoms with van der Waals surface area (Å²) in [6.07, 6.45) is -4.65. The van der Waals surface area contributed by atoms with Crippen LogP contribution < -0.4 is 5.43 Å². The third-order valence-electron chi connectivity index (χ3n) is 4.19. The van der Waals surface area contributed by atoms with E-state index in [1.54, 1.807) is 12.1 Å². The topological polar surface area (TPSA) is 85.0 Å². The number of ether oxygens (including phenoxy) is 1. The number of alkyl halides is 3. The van der Waals surface area contributed by atoms with E-state index in [4.69, 9.17) is 10.00 Å². The van der Waals surface area contributed by atoms with Gasteiger partial charge in [-0.15, -0.1) is 0 Å². The molecule has 6 nitrogen and oxygen atoms in total. The molecule has 0 saturated carbocycles. The number of hydrogen-bond donors (Lipinski definition) is 0. The van der Waals surface area contributed by atoms with Crippen molar-refractivity contribution >= 4 is 5.97 Å². The molecule has 152 valence electrons. The molecule has 1 aromatic heterocycles. The molecule has 0 unspecified atom stereocenters. The molecular formula is C21H14F3N3O3. The summed E-state index contributed by atoms with van der Waals surface area (Å²) in [5.41, 5.74) is -1.55. The molecule has 0 aliphatic carbocycles. The monoisotopic (exact) mass is 413 g/mol. The first-order valence-corrected chi connectivity index (χ1v) is 8.64. The average molecular weight is 413 g/mol. The van der Waals surface area contributed by atoms with Crippen LogP contribution in [0.5, 0.6) is 0 Å². The van der Waals surface area contributed by atoms with Gasteiger partial charge in [0.05, 0.1) is 22.9 Å². The Balaban J connectivity index is 1.93. The van der Waals surface area contributed by atoms with Crippen molar-refractivity contribution in [1.29, 1.82) is 5.26 Å². The molecular weight excluding hydrogens is 399 g/mol. The summed E-state index contributed by atoms with van der Waals surface area (Å²) in [6, 6.07) is 13.9. The standard InChI is InChI=1S/C21H14F3N3O3/c1-13-10-18(28)19(20(29)30-12-15-8-6-14(11-25)7-9-15)26-27(13)17-5-3-2-4-16(17)21(22,23)24/h2-10H,12H2,1H3. The molecule has 0 aliphatic rings. The maximum absolute atomic E-state index is 13.4. The molecule has 0 saturated heterocycles. The van der Waals surface area contributed by atoms with E-state index in [0.717, 1.165) is 16.8 Å². The van der Waals surface area contributed by atoms with Gasteiger partial charge in [-0.1, -0.05) is 24.3 Å². The van der Waals surface area contributed by atoms with Crippen LogP contribution in [-0.2, 0) is 17.5 Å². The van der Waals surface area contributed by atoms with Crippen molar-refractivity contribution in [3.63, 3.8) is 0 Å². The number of aryl methyl sites for hydroxylation is 1. The fourth-order valence-electron chi connectivity index (χ4n) is 2.72. The first-order chi connectivity index (χ1) is 14.2. The number of nitrogens with zero attached hydrogens (tertiary/aromatic N) is 3. The lowest BCUT2D eigenvalue weighted by Gasteiger charge is -2.16. The SMILES string of the molecule is Cc1cc(=O)c(C(=O)OCc2ccc(C#N)cc2)nn1-c1ccccc1C(F)(F)F. The second kappa shape index (κ2) is 8.21. The van der Waals surface area contributed by atoms with E-state index in [9.17, 15) is 22.8 Å². The number of esters is 1. The van der Waals surface area contributed by atoms with Crippen LogP contribution in [0.4, 0.5) is 13.2 Å². The number of benzene rings is 2. The lowest BCUT2D eigenvalue weighted by atomic mass is 10.1. The molecule has 3 rings (SSSR count). The zero-order chi connectivity index (χ0) is 21.9. The molecule has 0 N–H and O–H groups in total. The third kappa shape index (κ3) is 4.38. The molecule has 1 heterocycles. The van der Waals surface area contributed by atoms with Crippen LogP contribution in [0.2, 0.25) is 0 Å². The highest BCUT2D eigenvalue weighted by Crippen LogP contribution is 2.33. The Kier molecular flexibility index (Phi) is 5.69. The lowest BCUT2D eigenvalue weighted by Crippen LogP contribution is -2.25. The van der Waals surface area contributed by atoms with Crippen LogP contribution >= 0.6 is 0 Å². The molecule has 2 aromatic carbocycles. The van der Waals surface area contributed by atoms with Gasteiger partial charge < -0.3 is 4.74 Å². The zero-order valence-electron chi connectivity index (χ0n) is 15.6. The molecule has 30 heavy (non-hydrogen) atoms. The van der Waals surface area contributed by atoms with Crippen LogP contribution in [0.3, 0.4) is 0 Å². The van der Waals surface area contributed by atoms with Crippen molar-refractivity contribution in [3.05, 3.63) is 92.9 Å². The van der Waals surface area contributed by atoms with Crippen molar-refractivity contribution < 1.29 is 22.7 Å². The zero-order valence-corrected chi connectivity index (χ0v) is 15.6. The number of para-hydroxylation sites is 1. The minimum Gasteiger partial charge on any atom is -0.456 e. The number of hydrogen-bond acceptors (Lipinski definition) is 5. The van der Waals surface area contributed by atoms with Gasteiger partial charge in [0.1, 0.15) is 6.61 Å². The van der Waals surface area contributed by atoms with Gasteiger partial charge >= 0.3 is 12.1 Å². The molecule has 0 radical (unpaired) electrons. The predicted octanol–water partition coefficient (Wildman–Crippen LogP) is 3.79. The van der Waals surface area contributed by atoms with E-state index in [1.165, 1.54) is 37.3 Å². The summed E-state index contributed by atoms with van der Waals surface area (Å²) >= 11 is 0. The van der Waals surface area contributed by atoms with Gasteiger partial charge in [0.25, 0.3) is 0 Å². The van der Waals surface area contributed by atoms with E-state index in [2.05, 4.69) is 5.10 Å². The fraction of sp³-hybridized carbons (Fsp3) is 0.143. The van der Waals surface area contributed by atoms with Gasteiger partial charge in [-0.3, -0.25) is 4.79 Å². The van der Waals surface area contributed by atoms with Crippen molar-refractivity contribution in [1.82, 2.24) is 9.78 Å². The van der Waals surface area contributed by atoms with E-state index in [0.29, 0.717) is 11.1 Å². The minimum atomic E-state index is -4.65. The number of rotatable bonds is 4. The van der Waals surface area contributed by atoms with E-state index < -0.39 is 28.8 Å². The molecule has 0 atom stereocenters. The van der Waals surface area contributed by atoms with Gasteiger partial charge in [-0.25, -0.2) is 9.48 Å². The molecule has 9 heteroatoms. The smallest absolute Gasteiger partial charge is 0.418 e. The molecule has 0 fully saturated rings. The van der Waals surface area contributed by atoms with E-state index in [-0.39, 0.29) is 18.0 Å². The van der Waals surface area contributed by atoms with Gasteiger partial charge in [-0.2, -0.15) is 23.5 Å². The normalized spacial score (nSPS) is 11.0. The highest BCUT2D eigenvalue weighted by molar-refractivity contribution is 5.87. The summed E-state index contributed by atoms with van der Waals surface area (Å²) in [4.78, 5) is 24.6. The molecule has 0 spiro atoms. The van der Waals surface area contributed by atoms with E-state index >= 15 is 0 Å². The second-order valence-electron chi connectivity index (χ2n) is 6.31. The predicted molar refractivity (Wildman–Crippen MR) is 99.8 cm³/mol. The number of halogens is 3. The van der Waals surface area contributed by atoms with Crippen LogP contribution in [0.25, 0.3) is 5.69 Å². The van der Waals surface area contributed by atoms with Gasteiger partial charge in [0.2, 0.25) is 11.1 Å². The Morgan fingerprint density at radius 3 is 2.47 bits per heavy atom. The number of aromatic nitrogens is 2. The summed E-state index contributed by atoms with van der Waals surface area (Å²) in [5, 5.41) is 12.6. The second-order valence-corrected chi connectivity index (χ2v) is 6.31. The molecule has 0 amide bonds. The summed E-state index contributed by atoms with van der Waals surface area (Å²) in [5.74, 6) is -1.07. The highest BCUT2D eigenvalue weighted by atomic mass is 19.4. The third-order valence-corrected chi connectivity index (χ3v) is 4.19. The van der Waals surface area contributed by atoms with Crippen molar-refractivity contribution in [2.24, 2.45) is 0 Å². The average Bonchev–Trinajstić information content (AvgIpc) is 2.72. The first-order valence-electron chi connectivity index (χ1n) is 8.64. The van der Waals surface area contributed by atoms with Gasteiger partial charge in [0.15, 0.2) is 0 Å². The van der Waals surface area contributed by atoms with Crippen LogP contribution in [0, 0.1) is 18.3 Å². The minimum absolute atomic E-state index is 0.125. The maximum atomic E-state index is 13.4. The molecule has 3 aromatic rings. The quantitative estimate of drug-likeness (QED) is 0.608. The fourth-order valence-corrected chi connectivity index (χ4v) is 2.72. The summed E-state index contributed by atoms with van der Waals surface area (Å²) in [7, 11) is 0. The van der Waals surface area contributed by atoms with E-state index in [1.807, 2.05) is 6.07 Å². The highest BCUT2D eigenvalue weighted by Gasteiger charge is 2.34. The van der Waals surface area contributed by atoms with Gasteiger partial charge in [0, 0.05) is 11.8 Å². The Morgan fingerprint density at radius 1 is 1.17 bits per heavy atom. The largest absolute Gasteiger partial charge is 0.456 e. The Morgan fingerprint density at radius 2 is 1.83 bits per heavy atom. The van der Waals surface area contributed by atoms with Crippen molar-refractivity contribution in [2.45, 2.75) is 19.7 Å². The number of nitriles is 1. The lowest BCUT2D eigenvalue weighted by molar-refractivity contribution is -0.137. The van der Waals surface area contributed by atoms with Crippen molar-refractivity contribution in [3.8, 4) is 11.8 Å². The van der Waals surface area contributed by atoms with Crippen LogP contribution in [-0.4, -0.2) is 15.7 Å². The molecule has 0 bridgehead atoms. The Bertz CT molecular complexity index is 1190. The molecule has 0 aliphatic heterocycles. The maximum Gasteiger partial charge on any atom is 0.418 e. The summed E-state index contributed by atoms with van der Waals surface area (Å²) in [6.45, 7) is 1.21. The van der Waals surface area contributed by atoms with Crippen LogP contribution in [0.1, 0.15) is 32.9 Å². The first kappa shape index (κ1) is 20.8. The summed E-state index contributed by atoms with van der Waals surface area (Å²) < 4.78 is 46.0. The Hall–Kier alpha value is -3.93. The number of carbonyl (C=O) groups is 1. The van der Waals surface area contributed by atoms with Gasteiger partial charge in [-0.05, 0) is 36.8 Å². The Labute approximate surface area is 168 Å².